The number of ether oxygens (including phenoxy) is 1. The van der Waals surface area contributed by atoms with Crippen LogP contribution in [0.3, 0.4) is 0 Å². The lowest BCUT2D eigenvalue weighted by molar-refractivity contribution is -0.147. The zero-order chi connectivity index (χ0) is 14.5. The lowest BCUT2D eigenvalue weighted by Gasteiger charge is -2.26. The first kappa shape index (κ1) is 14.5. The maximum Gasteiger partial charge on any atom is 0.328 e. The molecule has 5 heteroatoms. The topological polar surface area (TPSA) is 67.4 Å². The van der Waals surface area contributed by atoms with Crippen molar-refractivity contribution in [1.29, 1.82) is 0 Å². The molecule has 0 radical (unpaired) electrons. The van der Waals surface area contributed by atoms with Gasteiger partial charge in [0.05, 0.1) is 12.6 Å². The van der Waals surface area contributed by atoms with E-state index in [-0.39, 0.29) is 11.9 Å². The van der Waals surface area contributed by atoms with Crippen molar-refractivity contribution >= 4 is 11.9 Å². The van der Waals surface area contributed by atoms with Gasteiger partial charge in [-0.05, 0) is 31.4 Å². The summed E-state index contributed by atoms with van der Waals surface area (Å²) in [5.74, 6) is -0.572. The highest BCUT2D eigenvalue weighted by atomic mass is 16.5. The van der Waals surface area contributed by atoms with Crippen LogP contribution in [0.4, 0.5) is 0 Å². The van der Waals surface area contributed by atoms with Crippen LogP contribution in [0.2, 0.25) is 0 Å². The molecule has 0 aliphatic carbocycles. The average Bonchev–Trinajstić information content (AvgIpc) is 2.46. The van der Waals surface area contributed by atoms with Crippen molar-refractivity contribution in [2.24, 2.45) is 0 Å². The lowest BCUT2D eigenvalue weighted by atomic mass is 9.95. The van der Waals surface area contributed by atoms with Crippen LogP contribution in [-0.2, 0) is 27.3 Å². The number of esters is 1. The molecule has 1 heterocycles. The number of rotatable bonds is 4. The molecule has 0 aromatic heterocycles. The van der Waals surface area contributed by atoms with E-state index in [1.165, 1.54) is 11.1 Å². The Labute approximate surface area is 118 Å². The standard InChI is InChI=1S/C15H20N2O3/c1-3-20-15(19)10(2)17-14(18)13-8-11-6-4-5-7-12(11)9-16-13/h4-7,10,13,16H,3,8-9H2,1-2H3,(H,17,18). The molecule has 0 bridgehead atoms. The predicted octanol–water partition coefficient (Wildman–Crippen LogP) is 0.769. The second-order valence-electron chi connectivity index (χ2n) is 4.89. The van der Waals surface area contributed by atoms with Crippen molar-refractivity contribution in [2.75, 3.05) is 6.61 Å². The number of nitrogens with one attached hydrogen (secondary N) is 2. The summed E-state index contributed by atoms with van der Waals surface area (Å²) in [4.78, 5) is 23.6. The Kier molecular flexibility index (Phi) is 4.74. The fraction of sp³-hybridized carbons (Fsp3) is 0.467. The van der Waals surface area contributed by atoms with E-state index in [4.69, 9.17) is 4.74 Å². The molecule has 1 aliphatic heterocycles. The van der Waals surface area contributed by atoms with Crippen molar-refractivity contribution in [3.05, 3.63) is 35.4 Å². The summed E-state index contributed by atoms with van der Waals surface area (Å²) < 4.78 is 4.87. The van der Waals surface area contributed by atoms with E-state index in [9.17, 15) is 9.59 Å². The van der Waals surface area contributed by atoms with Gasteiger partial charge in [-0.3, -0.25) is 4.79 Å². The summed E-state index contributed by atoms with van der Waals surface area (Å²) in [7, 11) is 0. The second-order valence-corrected chi connectivity index (χ2v) is 4.89. The van der Waals surface area contributed by atoms with E-state index in [2.05, 4.69) is 16.7 Å². The zero-order valence-electron chi connectivity index (χ0n) is 11.8. The molecule has 2 unspecified atom stereocenters. The minimum Gasteiger partial charge on any atom is -0.464 e. The number of amides is 1. The van der Waals surface area contributed by atoms with Gasteiger partial charge in [0.2, 0.25) is 5.91 Å². The van der Waals surface area contributed by atoms with Crippen LogP contribution >= 0.6 is 0 Å². The van der Waals surface area contributed by atoms with E-state index in [1.54, 1.807) is 13.8 Å². The molecule has 1 aromatic carbocycles. The minimum absolute atomic E-state index is 0.167. The molecular weight excluding hydrogens is 256 g/mol. The molecule has 108 valence electrons. The molecule has 2 N–H and O–H groups in total. The molecule has 0 fully saturated rings. The highest BCUT2D eigenvalue weighted by Crippen LogP contribution is 2.16. The molecule has 1 aromatic rings. The van der Waals surface area contributed by atoms with Crippen LogP contribution in [0, 0.1) is 0 Å². The Bertz CT molecular complexity index is 502. The number of fused-ring (bicyclic) bond motifs is 1. The molecule has 2 rings (SSSR count). The third kappa shape index (κ3) is 3.36. The van der Waals surface area contributed by atoms with E-state index < -0.39 is 12.0 Å². The summed E-state index contributed by atoms with van der Waals surface area (Å²) in [5, 5.41) is 5.88. The van der Waals surface area contributed by atoms with E-state index in [0.717, 1.165) is 0 Å². The molecule has 0 spiro atoms. The molecule has 5 nitrogen and oxygen atoms in total. The van der Waals surface area contributed by atoms with Gasteiger partial charge in [0, 0.05) is 6.54 Å². The van der Waals surface area contributed by atoms with Gasteiger partial charge in [-0.1, -0.05) is 24.3 Å². The molecule has 0 saturated carbocycles. The van der Waals surface area contributed by atoms with Crippen molar-refractivity contribution in [3.8, 4) is 0 Å². The summed E-state index contributed by atoms with van der Waals surface area (Å²) in [6.07, 6.45) is 0.636. The normalized spacial score (nSPS) is 18.8. The summed E-state index contributed by atoms with van der Waals surface area (Å²) in [6, 6.07) is 7.12. The van der Waals surface area contributed by atoms with Crippen LogP contribution in [0.25, 0.3) is 0 Å². The van der Waals surface area contributed by atoms with Crippen LogP contribution in [0.5, 0.6) is 0 Å². The molecule has 1 amide bonds. The first-order valence-electron chi connectivity index (χ1n) is 6.89. The van der Waals surface area contributed by atoms with Gasteiger partial charge in [0.1, 0.15) is 6.04 Å². The Hall–Kier alpha value is -1.88. The molecule has 0 saturated heterocycles. The zero-order valence-corrected chi connectivity index (χ0v) is 11.8. The van der Waals surface area contributed by atoms with Gasteiger partial charge in [0.15, 0.2) is 0 Å². The maximum atomic E-state index is 12.1. The highest BCUT2D eigenvalue weighted by Gasteiger charge is 2.26. The van der Waals surface area contributed by atoms with Crippen molar-refractivity contribution in [2.45, 2.75) is 38.9 Å². The maximum absolute atomic E-state index is 12.1. The molecule has 1 aliphatic rings. The lowest BCUT2D eigenvalue weighted by Crippen LogP contribution is -2.51. The molecule has 20 heavy (non-hydrogen) atoms. The van der Waals surface area contributed by atoms with E-state index >= 15 is 0 Å². The molecular formula is C15H20N2O3. The summed E-state index contributed by atoms with van der Waals surface area (Å²) in [6.45, 7) is 4.36. The van der Waals surface area contributed by atoms with Crippen molar-refractivity contribution < 1.29 is 14.3 Å². The number of carbonyl (C=O) groups excluding carboxylic acids is 2. The van der Waals surface area contributed by atoms with Crippen LogP contribution < -0.4 is 10.6 Å². The predicted molar refractivity (Wildman–Crippen MR) is 75.0 cm³/mol. The van der Waals surface area contributed by atoms with Crippen molar-refractivity contribution in [1.82, 2.24) is 10.6 Å². The van der Waals surface area contributed by atoms with E-state index in [0.29, 0.717) is 19.6 Å². The number of carbonyl (C=O) groups is 2. The van der Waals surface area contributed by atoms with Gasteiger partial charge in [-0.25, -0.2) is 4.79 Å². The van der Waals surface area contributed by atoms with Crippen molar-refractivity contribution in [3.63, 3.8) is 0 Å². The average molecular weight is 276 g/mol. The fourth-order valence-electron chi connectivity index (χ4n) is 2.28. The van der Waals surface area contributed by atoms with Crippen LogP contribution in [0.1, 0.15) is 25.0 Å². The Morgan fingerprint density at radius 2 is 2.10 bits per heavy atom. The fourth-order valence-corrected chi connectivity index (χ4v) is 2.28. The smallest absolute Gasteiger partial charge is 0.328 e. The largest absolute Gasteiger partial charge is 0.464 e. The third-order valence-electron chi connectivity index (χ3n) is 3.40. The van der Waals surface area contributed by atoms with Gasteiger partial charge >= 0.3 is 5.97 Å². The van der Waals surface area contributed by atoms with E-state index in [1.807, 2.05) is 18.2 Å². The minimum atomic E-state index is -0.624. The highest BCUT2D eigenvalue weighted by molar-refractivity contribution is 5.87. The Morgan fingerprint density at radius 3 is 2.80 bits per heavy atom. The Morgan fingerprint density at radius 1 is 1.40 bits per heavy atom. The number of hydrogen-bond acceptors (Lipinski definition) is 4. The van der Waals surface area contributed by atoms with Gasteiger partial charge in [-0.2, -0.15) is 0 Å². The quantitative estimate of drug-likeness (QED) is 0.797. The summed E-state index contributed by atoms with van der Waals surface area (Å²) in [5.41, 5.74) is 2.39. The monoisotopic (exact) mass is 276 g/mol. The second kappa shape index (κ2) is 6.52. The first-order valence-corrected chi connectivity index (χ1v) is 6.89. The van der Waals surface area contributed by atoms with Crippen LogP contribution in [0.15, 0.2) is 24.3 Å². The summed E-state index contributed by atoms with van der Waals surface area (Å²) >= 11 is 0. The van der Waals surface area contributed by atoms with Crippen LogP contribution in [-0.4, -0.2) is 30.6 Å². The number of hydrogen-bond donors (Lipinski definition) is 2. The van der Waals surface area contributed by atoms with Gasteiger partial charge in [0.25, 0.3) is 0 Å². The molecule has 2 atom stereocenters. The van der Waals surface area contributed by atoms with Gasteiger partial charge in [-0.15, -0.1) is 0 Å². The van der Waals surface area contributed by atoms with Gasteiger partial charge < -0.3 is 15.4 Å². The Balaban J connectivity index is 1.93. The third-order valence-corrected chi connectivity index (χ3v) is 3.40. The first-order chi connectivity index (χ1) is 9.61. The number of benzene rings is 1. The SMILES string of the molecule is CCOC(=O)C(C)NC(=O)C1Cc2ccccc2CN1.